The Labute approximate surface area is 480 Å². The summed E-state index contributed by atoms with van der Waals surface area (Å²) in [7, 11) is 0. The lowest BCUT2D eigenvalue weighted by Crippen LogP contribution is -2.60. The minimum Gasteiger partial charge on any atom is -0.394 e. The van der Waals surface area contributed by atoms with Crippen LogP contribution in [0, 0.1) is 0 Å². The van der Waals surface area contributed by atoms with Gasteiger partial charge in [0.05, 0.1) is 25.4 Å². The average molecular weight is 1090 g/mol. The number of hydrogen-bond acceptors (Lipinski definition) is 8. The van der Waals surface area contributed by atoms with Gasteiger partial charge in [-0.1, -0.05) is 285 Å². The van der Waals surface area contributed by atoms with Crippen molar-refractivity contribution in [3.63, 3.8) is 0 Å². The number of unbranched alkanes of at least 4 members (excludes halogenated alkanes) is 34. The van der Waals surface area contributed by atoms with Gasteiger partial charge in [0, 0.05) is 6.42 Å². The fraction of sp³-hybridized carbons (Fsp3) is 0.783. The Balaban J connectivity index is 2.03. The first kappa shape index (κ1) is 73.4. The molecule has 0 aromatic heterocycles. The molecule has 1 fully saturated rings. The zero-order valence-electron chi connectivity index (χ0n) is 50.4. The number of rotatable bonds is 56. The maximum Gasteiger partial charge on any atom is 0.220 e. The third-order valence-corrected chi connectivity index (χ3v) is 15.2. The summed E-state index contributed by atoms with van der Waals surface area (Å²) in [4.78, 5) is 13.1. The van der Waals surface area contributed by atoms with Crippen molar-refractivity contribution in [1.82, 2.24) is 5.32 Å². The van der Waals surface area contributed by atoms with Crippen molar-refractivity contribution >= 4 is 5.91 Å². The summed E-state index contributed by atoms with van der Waals surface area (Å²) < 4.78 is 11.2. The van der Waals surface area contributed by atoms with E-state index in [1.807, 2.05) is 6.08 Å². The van der Waals surface area contributed by atoms with Crippen LogP contribution in [0.5, 0.6) is 0 Å². The lowest BCUT2D eigenvalue weighted by atomic mass is 9.99. The second-order valence-corrected chi connectivity index (χ2v) is 22.5. The molecule has 1 aliphatic rings. The van der Waals surface area contributed by atoms with Crippen LogP contribution >= 0.6 is 0 Å². The standard InChI is InChI=1S/C69H123NO8/c1-3-5-7-9-11-13-15-17-19-20-21-22-23-24-25-26-27-28-29-30-31-32-33-34-35-36-37-38-39-40-41-42-43-44-45-47-49-51-53-55-57-59-65(73)70-62(61-77-69-68(76)67(75)66(74)64(60-71)78-69)63(72)58-56-54-52-50-48-46-18-16-14-12-10-8-6-4-2/h5,7,11,13-14,16-17,19,21-22,48,50,56,58,62-64,66-69,71-72,74-76H,3-4,6,8-10,12,15,18,20,23-47,49,51-55,57,59-61H2,1-2H3,(H,70,73)/b7-5-,13-11-,16-14+,19-17-,22-21-,50-48+,58-56+. The molecule has 78 heavy (non-hydrogen) atoms. The summed E-state index contributed by atoms with van der Waals surface area (Å²) in [6.07, 6.45) is 75.6. The van der Waals surface area contributed by atoms with Gasteiger partial charge in [0.15, 0.2) is 6.29 Å². The van der Waals surface area contributed by atoms with Gasteiger partial charge >= 0.3 is 0 Å². The zero-order valence-corrected chi connectivity index (χ0v) is 50.4. The molecular weight excluding hydrogens is 971 g/mol. The average Bonchev–Trinajstić information content (AvgIpc) is 3.46. The molecule has 1 aliphatic heterocycles. The molecule has 1 heterocycles. The lowest BCUT2D eigenvalue weighted by Gasteiger charge is -2.40. The number of aliphatic hydroxyl groups is 5. The lowest BCUT2D eigenvalue weighted by molar-refractivity contribution is -0.302. The molecule has 9 nitrogen and oxygen atoms in total. The van der Waals surface area contributed by atoms with Crippen LogP contribution in [-0.4, -0.2) is 87.5 Å². The van der Waals surface area contributed by atoms with Crippen LogP contribution in [0.1, 0.15) is 290 Å². The molecule has 9 heteroatoms. The number of hydrogen-bond donors (Lipinski definition) is 6. The van der Waals surface area contributed by atoms with E-state index >= 15 is 0 Å². The first-order valence-corrected chi connectivity index (χ1v) is 32.8. The quantitative estimate of drug-likeness (QED) is 0.0261. The summed E-state index contributed by atoms with van der Waals surface area (Å²) >= 11 is 0. The molecule has 0 aromatic rings. The molecule has 1 amide bonds. The Bertz CT molecular complexity index is 1500. The monoisotopic (exact) mass is 1090 g/mol. The van der Waals surface area contributed by atoms with Crippen LogP contribution < -0.4 is 5.32 Å². The van der Waals surface area contributed by atoms with E-state index in [4.69, 9.17) is 9.47 Å². The molecule has 0 radical (unpaired) electrons. The van der Waals surface area contributed by atoms with Crippen LogP contribution in [0.15, 0.2) is 85.1 Å². The van der Waals surface area contributed by atoms with Crippen molar-refractivity contribution < 1.29 is 39.8 Å². The fourth-order valence-electron chi connectivity index (χ4n) is 10.1. The molecule has 1 rings (SSSR count). The van der Waals surface area contributed by atoms with Crippen LogP contribution in [0.4, 0.5) is 0 Å². The van der Waals surface area contributed by atoms with Crippen LogP contribution in [0.3, 0.4) is 0 Å². The van der Waals surface area contributed by atoms with Crippen LogP contribution in [0.25, 0.3) is 0 Å². The topological polar surface area (TPSA) is 149 Å². The van der Waals surface area contributed by atoms with E-state index in [0.717, 1.165) is 77.0 Å². The largest absolute Gasteiger partial charge is 0.394 e. The number of amides is 1. The van der Waals surface area contributed by atoms with E-state index in [-0.39, 0.29) is 12.5 Å². The summed E-state index contributed by atoms with van der Waals surface area (Å²) in [5, 5.41) is 54.5. The second kappa shape index (κ2) is 57.6. The number of carbonyl (C=O) groups is 1. The summed E-state index contributed by atoms with van der Waals surface area (Å²) in [6, 6.07) is -0.829. The van der Waals surface area contributed by atoms with Gasteiger partial charge in [-0.2, -0.15) is 0 Å². The van der Waals surface area contributed by atoms with Crippen molar-refractivity contribution in [3.8, 4) is 0 Å². The van der Waals surface area contributed by atoms with Crippen molar-refractivity contribution in [2.75, 3.05) is 13.2 Å². The summed E-state index contributed by atoms with van der Waals surface area (Å²) in [5.41, 5.74) is 0. The normalized spacial score (nSPS) is 19.2. The van der Waals surface area contributed by atoms with E-state index < -0.39 is 49.5 Å². The molecular formula is C69H123NO8. The minimum atomic E-state index is -1.58. The van der Waals surface area contributed by atoms with Gasteiger partial charge in [-0.3, -0.25) is 4.79 Å². The second-order valence-electron chi connectivity index (χ2n) is 22.5. The minimum absolute atomic E-state index is 0.189. The van der Waals surface area contributed by atoms with Gasteiger partial charge < -0.3 is 40.3 Å². The zero-order chi connectivity index (χ0) is 56.5. The predicted molar refractivity (Wildman–Crippen MR) is 332 cm³/mol. The van der Waals surface area contributed by atoms with Gasteiger partial charge in [-0.05, 0) is 83.5 Å². The number of allylic oxidation sites excluding steroid dienone is 13. The van der Waals surface area contributed by atoms with E-state index in [1.165, 1.54) is 193 Å². The first-order valence-electron chi connectivity index (χ1n) is 32.8. The summed E-state index contributed by atoms with van der Waals surface area (Å²) in [5.74, 6) is -0.189. The Morgan fingerprint density at radius 3 is 1.23 bits per heavy atom. The Hall–Kier alpha value is -2.63. The molecule has 0 saturated carbocycles. The third kappa shape index (κ3) is 46.0. The number of ether oxygens (including phenoxy) is 2. The molecule has 6 N–H and O–H groups in total. The molecule has 7 atom stereocenters. The highest BCUT2D eigenvalue weighted by atomic mass is 16.7. The van der Waals surface area contributed by atoms with E-state index in [1.54, 1.807) is 6.08 Å². The first-order chi connectivity index (χ1) is 38.3. The molecule has 0 aliphatic carbocycles. The molecule has 0 spiro atoms. The third-order valence-electron chi connectivity index (χ3n) is 15.2. The molecule has 7 unspecified atom stereocenters. The Morgan fingerprint density at radius 1 is 0.449 bits per heavy atom. The van der Waals surface area contributed by atoms with Gasteiger partial charge in [-0.15, -0.1) is 0 Å². The highest BCUT2D eigenvalue weighted by Gasteiger charge is 2.44. The van der Waals surface area contributed by atoms with E-state index in [2.05, 4.69) is 92.1 Å². The number of carbonyl (C=O) groups excluding carboxylic acids is 1. The van der Waals surface area contributed by atoms with Crippen molar-refractivity contribution in [1.29, 1.82) is 0 Å². The van der Waals surface area contributed by atoms with Gasteiger partial charge in [-0.25, -0.2) is 0 Å². The van der Waals surface area contributed by atoms with Crippen molar-refractivity contribution in [3.05, 3.63) is 85.1 Å². The van der Waals surface area contributed by atoms with Gasteiger partial charge in [0.2, 0.25) is 5.91 Å². The molecule has 0 aromatic carbocycles. The van der Waals surface area contributed by atoms with Crippen molar-refractivity contribution in [2.45, 2.75) is 333 Å². The predicted octanol–water partition coefficient (Wildman–Crippen LogP) is 17.4. The fourth-order valence-corrected chi connectivity index (χ4v) is 10.1. The highest BCUT2D eigenvalue weighted by Crippen LogP contribution is 2.23. The SMILES string of the molecule is CC/C=C\C/C=C\C/C=C\C/C=C\CCCCCCCCCCCCCCCCCCCCCCCCCCCCCCC(=O)NC(COC1OC(CO)C(O)C(O)C1O)C(O)/C=C/CC/C=C/CC/C=C/CCCCCC. The maximum absolute atomic E-state index is 13.1. The van der Waals surface area contributed by atoms with Gasteiger partial charge in [0.1, 0.15) is 24.4 Å². The van der Waals surface area contributed by atoms with E-state index in [9.17, 15) is 30.3 Å². The smallest absolute Gasteiger partial charge is 0.220 e. The Morgan fingerprint density at radius 2 is 0.808 bits per heavy atom. The van der Waals surface area contributed by atoms with E-state index in [0.29, 0.717) is 6.42 Å². The Kier molecular flexibility index (Phi) is 54.2. The van der Waals surface area contributed by atoms with Gasteiger partial charge in [0.25, 0.3) is 0 Å². The molecule has 0 bridgehead atoms. The summed E-state index contributed by atoms with van der Waals surface area (Å²) in [6.45, 7) is 3.63. The molecule has 452 valence electrons. The number of aliphatic hydroxyl groups excluding tert-OH is 5. The van der Waals surface area contributed by atoms with Crippen molar-refractivity contribution in [2.24, 2.45) is 0 Å². The molecule has 1 saturated heterocycles. The number of nitrogens with one attached hydrogen (secondary N) is 1. The maximum atomic E-state index is 13.1. The van der Waals surface area contributed by atoms with Crippen LogP contribution in [-0.2, 0) is 14.3 Å². The van der Waals surface area contributed by atoms with Crippen LogP contribution in [0.2, 0.25) is 0 Å². The highest BCUT2D eigenvalue weighted by molar-refractivity contribution is 5.76.